The maximum atomic E-state index is 2.17. The van der Waals surface area contributed by atoms with Crippen LogP contribution in [0, 0.1) is 6.92 Å². The minimum Gasteiger partial charge on any atom is -0.239 e. The van der Waals surface area contributed by atoms with E-state index >= 15 is 0 Å². The van der Waals surface area contributed by atoms with Crippen LogP contribution in [-0.2, 0) is 7.05 Å². The Morgan fingerprint density at radius 1 is 1.31 bits per heavy atom. The molecular weight excluding hydrogens is 160 g/mol. The van der Waals surface area contributed by atoms with Crippen LogP contribution in [0.25, 0.3) is 5.69 Å². The second kappa shape index (κ2) is 3.05. The summed E-state index contributed by atoms with van der Waals surface area (Å²) in [7, 11) is 2.02. The van der Waals surface area contributed by atoms with E-state index in [9.17, 15) is 0 Å². The number of rotatable bonds is 1. The fourth-order valence-corrected chi connectivity index (χ4v) is 1.39. The van der Waals surface area contributed by atoms with Crippen LogP contribution in [0.4, 0.5) is 0 Å². The third-order valence-electron chi connectivity index (χ3n) is 2.07. The van der Waals surface area contributed by atoms with E-state index in [1.54, 1.807) is 0 Å². The Kier molecular flexibility index (Phi) is 1.89. The first-order valence-electron chi connectivity index (χ1n) is 4.36. The fourth-order valence-electron chi connectivity index (χ4n) is 1.39. The molecule has 2 heteroatoms. The molecule has 0 aliphatic heterocycles. The van der Waals surface area contributed by atoms with Crippen LogP contribution < -0.4 is 4.57 Å². The molecule has 0 N–H and O–H groups in total. The lowest BCUT2D eigenvalue weighted by Gasteiger charge is -1.95. The highest BCUT2D eigenvalue weighted by Crippen LogP contribution is 2.08. The van der Waals surface area contributed by atoms with Gasteiger partial charge in [0, 0.05) is 0 Å². The largest absolute Gasteiger partial charge is 0.248 e. The highest BCUT2D eigenvalue weighted by molar-refractivity contribution is 5.34. The Labute approximate surface area is 78.1 Å². The predicted molar refractivity (Wildman–Crippen MR) is 51.7 cm³/mol. The van der Waals surface area contributed by atoms with Crippen molar-refractivity contribution in [2.75, 3.05) is 0 Å². The lowest BCUT2D eigenvalue weighted by Crippen LogP contribution is -2.23. The monoisotopic (exact) mass is 173 g/mol. The molecule has 0 spiro atoms. The maximum Gasteiger partial charge on any atom is 0.248 e. The van der Waals surface area contributed by atoms with Crippen LogP contribution in [0.1, 0.15) is 5.56 Å². The van der Waals surface area contributed by atoms with Gasteiger partial charge in [-0.3, -0.25) is 0 Å². The highest BCUT2D eigenvalue weighted by atomic mass is 15.1. The van der Waals surface area contributed by atoms with Gasteiger partial charge in [-0.2, -0.15) is 0 Å². The van der Waals surface area contributed by atoms with Gasteiger partial charge in [0.2, 0.25) is 6.33 Å². The molecule has 2 aromatic rings. The van der Waals surface area contributed by atoms with Crippen molar-refractivity contribution in [2.45, 2.75) is 6.92 Å². The molecule has 0 radical (unpaired) electrons. The molecule has 2 rings (SSSR count). The van der Waals surface area contributed by atoms with Crippen LogP contribution in [0.2, 0.25) is 0 Å². The molecule has 0 aliphatic carbocycles. The second-order valence-electron chi connectivity index (χ2n) is 3.33. The lowest BCUT2D eigenvalue weighted by molar-refractivity contribution is -0.670. The second-order valence-corrected chi connectivity index (χ2v) is 3.33. The molecule has 0 aliphatic rings. The SMILES string of the molecule is Cc1cccc(-n2cc[n+](C)c2)c1. The Bertz CT molecular complexity index is 416. The lowest BCUT2D eigenvalue weighted by atomic mass is 10.2. The first-order valence-corrected chi connectivity index (χ1v) is 4.36. The summed E-state index contributed by atoms with van der Waals surface area (Å²) in [4.78, 5) is 0. The van der Waals surface area contributed by atoms with Crippen LogP contribution >= 0.6 is 0 Å². The Morgan fingerprint density at radius 2 is 2.15 bits per heavy atom. The molecule has 1 aromatic carbocycles. The minimum absolute atomic E-state index is 1.21. The van der Waals surface area contributed by atoms with Crippen LogP contribution in [0.3, 0.4) is 0 Å². The van der Waals surface area contributed by atoms with E-state index < -0.39 is 0 Å². The highest BCUT2D eigenvalue weighted by Gasteiger charge is 2.02. The van der Waals surface area contributed by atoms with Gasteiger partial charge in [-0.25, -0.2) is 9.13 Å². The normalized spacial score (nSPS) is 10.3. The minimum atomic E-state index is 1.21. The summed E-state index contributed by atoms with van der Waals surface area (Å²) < 4.78 is 4.13. The van der Waals surface area contributed by atoms with Gasteiger partial charge in [0.15, 0.2) is 0 Å². The average Bonchev–Trinajstić information content (AvgIpc) is 2.52. The molecule has 0 bridgehead atoms. The van der Waals surface area contributed by atoms with E-state index in [-0.39, 0.29) is 0 Å². The van der Waals surface area contributed by atoms with Crippen molar-refractivity contribution in [2.24, 2.45) is 7.05 Å². The summed E-state index contributed by atoms with van der Waals surface area (Å²) in [6.45, 7) is 2.10. The molecule has 66 valence electrons. The van der Waals surface area contributed by atoms with Gasteiger partial charge in [-0.15, -0.1) is 0 Å². The topological polar surface area (TPSA) is 8.81 Å². The van der Waals surface area contributed by atoms with E-state index in [1.165, 1.54) is 11.3 Å². The third kappa shape index (κ3) is 1.61. The van der Waals surface area contributed by atoms with Crippen molar-refractivity contribution in [3.05, 3.63) is 48.5 Å². The molecule has 0 unspecified atom stereocenters. The summed E-state index contributed by atoms with van der Waals surface area (Å²) in [5.74, 6) is 0. The quantitative estimate of drug-likeness (QED) is 0.579. The maximum absolute atomic E-state index is 2.17. The summed E-state index contributed by atoms with van der Waals surface area (Å²) in [6, 6.07) is 8.45. The van der Waals surface area contributed by atoms with Crippen molar-refractivity contribution in [3.8, 4) is 5.69 Å². The van der Waals surface area contributed by atoms with E-state index in [0.717, 1.165) is 0 Å². The number of imidazole rings is 1. The summed E-state index contributed by atoms with van der Waals surface area (Å²) in [6.07, 6.45) is 6.13. The number of hydrogen-bond donors (Lipinski definition) is 0. The van der Waals surface area contributed by atoms with Crippen LogP contribution in [0.5, 0.6) is 0 Å². The van der Waals surface area contributed by atoms with Gasteiger partial charge < -0.3 is 0 Å². The number of nitrogens with zero attached hydrogens (tertiary/aromatic N) is 2. The van der Waals surface area contributed by atoms with Gasteiger partial charge in [-0.1, -0.05) is 12.1 Å². The zero-order chi connectivity index (χ0) is 9.26. The van der Waals surface area contributed by atoms with Crippen LogP contribution in [-0.4, -0.2) is 4.57 Å². The van der Waals surface area contributed by atoms with E-state index in [1.807, 2.05) is 17.8 Å². The molecule has 13 heavy (non-hydrogen) atoms. The summed E-state index contributed by atoms with van der Waals surface area (Å²) in [5.41, 5.74) is 2.49. The van der Waals surface area contributed by atoms with E-state index in [2.05, 4.69) is 48.3 Å². The van der Waals surface area contributed by atoms with Crippen molar-refractivity contribution < 1.29 is 4.57 Å². The van der Waals surface area contributed by atoms with Gasteiger partial charge in [0.1, 0.15) is 18.1 Å². The van der Waals surface area contributed by atoms with Crippen molar-refractivity contribution in [3.63, 3.8) is 0 Å². The van der Waals surface area contributed by atoms with Gasteiger partial charge in [-0.05, 0) is 24.6 Å². The Morgan fingerprint density at radius 3 is 2.77 bits per heavy atom. The number of hydrogen-bond acceptors (Lipinski definition) is 0. The molecule has 0 atom stereocenters. The molecule has 1 heterocycles. The zero-order valence-electron chi connectivity index (χ0n) is 7.94. The van der Waals surface area contributed by atoms with E-state index in [0.29, 0.717) is 0 Å². The predicted octanol–water partition coefficient (Wildman–Crippen LogP) is 1.61. The van der Waals surface area contributed by atoms with Gasteiger partial charge in [0.25, 0.3) is 0 Å². The van der Waals surface area contributed by atoms with Gasteiger partial charge in [0.05, 0.1) is 7.05 Å². The molecular formula is C11H13N2+. The van der Waals surface area contributed by atoms with Crippen molar-refractivity contribution in [1.82, 2.24) is 4.57 Å². The van der Waals surface area contributed by atoms with Crippen LogP contribution in [0.15, 0.2) is 43.0 Å². The first kappa shape index (κ1) is 8.05. The summed E-state index contributed by atoms with van der Waals surface area (Å²) >= 11 is 0. The molecule has 0 amide bonds. The molecule has 0 fully saturated rings. The fraction of sp³-hybridized carbons (Fsp3) is 0.182. The molecule has 1 aromatic heterocycles. The number of aromatic nitrogens is 2. The summed E-state index contributed by atoms with van der Waals surface area (Å²) in [5, 5.41) is 0. The first-order chi connectivity index (χ1) is 6.25. The molecule has 0 saturated heterocycles. The Hall–Kier alpha value is -1.57. The van der Waals surface area contributed by atoms with Gasteiger partial charge >= 0.3 is 0 Å². The van der Waals surface area contributed by atoms with E-state index in [4.69, 9.17) is 0 Å². The number of aryl methyl sites for hydroxylation is 2. The molecule has 2 nitrogen and oxygen atoms in total. The average molecular weight is 173 g/mol. The molecule has 0 saturated carbocycles. The smallest absolute Gasteiger partial charge is 0.239 e. The Balaban J connectivity index is 2.46. The zero-order valence-corrected chi connectivity index (χ0v) is 7.94. The number of benzene rings is 1. The third-order valence-corrected chi connectivity index (χ3v) is 2.07. The van der Waals surface area contributed by atoms with Crippen molar-refractivity contribution in [1.29, 1.82) is 0 Å². The van der Waals surface area contributed by atoms with Crippen molar-refractivity contribution >= 4 is 0 Å². The standard InChI is InChI=1S/C11H13N2/c1-10-4-3-5-11(8-10)13-7-6-12(2)9-13/h3-9H,1-2H3/q+1.